The summed E-state index contributed by atoms with van der Waals surface area (Å²) < 4.78 is 11.7. The molecule has 190 valence electrons. The van der Waals surface area contributed by atoms with E-state index in [1.165, 1.54) is 44.5 Å². The third kappa shape index (κ3) is 4.24. The molecule has 5 aromatic rings. The van der Waals surface area contributed by atoms with Gasteiger partial charge in [-0.05, 0) is 74.8 Å². The van der Waals surface area contributed by atoms with Gasteiger partial charge < -0.3 is 9.47 Å². The Bertz CT molecular complexity index is 1560. The molecule has 0 radical (unpaired) electrons. The summed E-state index contributed by atoms with van der Waals surface area (Å²) in [6.45, 7) is 8.50. The van der Waals surface area contributed by atoms with E-state index in [1.807, 2.05) is 0 Å². The number of hydrogen-bond acceptors (Lipinski definition) is 2. The second kappa shape index (κ2) is 10.5. The van der Waals surface area contributed by atoms with Gasteiger partial charge >= 0.3 is 0 Å². The molecule has 0 aliphatic heterocycles. The average molecular weight is 507 g/mol. The van der Waals surface area contributed by atoms with Gasteiger partial charge in [0.05, 0.1) is 5.41 Å². The van der Waals surface area contributed by atoms with Crippen molar-refractivity contribution in [3.05, 3.63) is 169 Å². The molecule has 6 rings (SSSR count). The lowest BCUT2D eigenvalue weighted by Crippen LogP contribution is -2.28. The van der Waals surface area contributed by atoms with Crippen molar-refractivity contribution in [2.45, 2.75) is 5.41 Å². The van der Waals surface area contributed by atoms with Gasteiger partial charge in [-0.1, -0.05) is 116 Å². The fourth-order valence-electron chi connectivity index (χ4n) is 5.79. The van der Waals surface area contributed by atoms with E-state index < -0.39 is 5.41 Å². The first-order chi connectivity index (χ1) is 19.3. The predicted molar refractivity (Wildman–Crippen MR) is 161 cm³/mol. The molecule has 2 heteroatoms. The summed E-state index contributed by atoms with van der Waals surface area (Å²) in [6.07, 6.45) is 3.53. The molecule has 0 saturated heterocycles. The zero-order valence-corrected chi connectivity index (χ0v) is 21.8. The number of benzene rings is 5. The summed E-state index contributed by atoms with van der Waals surface area (Å²) in [7, 11) is 0. The summed E-state index contributed by atoms with van der Waals surface area (Å²) in [5.74, 6) is 1.65. The smallest absolute Gasteiger partial charge is 0.119 e. The molecule has 1 aliphatic carbocycles. The lowest BCUT2D eigenvalue weighted by molar-refractivity contribution is 0.363. The van der Waals surface area contributed by atoms with Crippen LogP contribution in [0.5, 0.6) is 11.5 Å². The maximum Gasteiger partial charge on any atom is 0.119 e. The lowest BCUT2D eigenvalue weighted by Gasteiger charge is -2.34. The Labute approximate surface area is 230 Å². The largest absolute Gasteiger partial charge is 0.490 e. The molecule has 0 amide bonds. The van der Waals surface area contributed by atoms with E-state index in [2.05, 4.69) is 134 Å². The second-order valence-electron chi connectivity index (χ2n) is 9.67. The maximum atomic E-state index is 5.84. The molecule has 0 bridgehead atoms. The van der Waals surface area contributed by atoms with Crippen LogP contribution in [-0.2, 0) is 5.41 Å². The predicted octanol–water partition coefficient (Wildman–Crippen LogP) is 8.85. The Morgan fingerprint density at radius 1 is 0.513 bits per heavy atom. The highest BCUT2D eigenvalue weighted by Gasteiger charge is 2.46. The molecule has 0 atom stereocenters. The first-order valence-corrected chi connectivity index (χ1v) is 13.2. The van der Waals surface area contributed by atoms with Crippen LogP contribution in [0.4, 0.5) is 0 Å². The Morgan fingerprint density at radius 3 is 1.64 bits per heavy atom. The number of ether oxygens (including phenoxy) is 2. The van der Waals surface area contributed by atoms with Crippen molar-refractivity contribution < 1.29 is 9.47 Å². The summed E-state index contributed by atoms with van der Waals surface area (Å²) in [4.78, 5) is 0. The van der Waals surface area contributed by atoms with Gasteiger partial charge in [0, 0.05) is 0 Å². The normalized spacial score (nSPS) is 12.7. The van der Waals surface area contributed by atoms with Crippen LogP contribution in [0, 0.1) is 0 Å². The summed E-state index contributed by atoms with van der Waals surface area (Å²) >= 11 is 0. The Morgan fingerprint density at radius 2 is 1.05 bits per heavy atom. The van der Waals surface area contributed by atoms with Crippen LogP contribution in [0.15, 0.2) is 147 Å². The number of hydrogen-bond donors (Lipinski definition) is 0. The van der Waals surface area contributed by atoms with Crippen molar-refractivity contribution in [1.82, 2.24) is 0 Å². The minimum Gasteiger partial charge on any atom is -0.490 e. The zero-order valence-electron chi connectivity index (χ0n) is 21.8. The van der Waals surface area contributed by atoms with E-state index in [9.17, 15) is 0 Å². The lowest BCUT2D eigenvalue weighted by atomic mass is 9.67. The molecule has 2 nitrogen and oxygen atoms in total. The Balaban J connectivity index is 1.61. The minimum atomic E-state index is -0.509. The molecule has 1 aliphatic rings. The van der Waals surface area contributed by atoms with Crippen molar-refractivity contribution in [1.29, 1.82) is 0 Å². The first-order valence-electron chi connectivity index (χ1n) is 13.2. The molecule has 5 aromatic carbocycles. The van der Waals surface area contributed by atoms with Crippen LogP contribution in [0.2, 0.25) is 0 Å². The van der Waals surface area contributed by atoms with Crippen molar-refractivity contribution in [2.24, 2.45) is 0 Å². The summed E-state index contributed by atoms with van der Waals surface area (Å²) in [5.41, 5.74) is 9.30. The van der Waals surface area contributed by atoms with Crippen molar-refractivity contribution >= 4 is 0 Å². The highest BCUT2D eigenvalue weighted by atomic mass is 16.5. The van der Waals surface area contributed by atoms with E-state index >= 15 is 0 Å². The molecule has 0 saturated carbocycles. The standard InChI is InChI=1S/C37H30O2/c1-3-24-38-31-19-15-29(16-20-31)37(30-17-21-32(22-18-30)39-25-4-2)35-13-9-8-12-33(35)34-23-14-28(26-36(34)37)27-10-6-5-7-11-27/h3-23,26H,1-2,24-25H2. The fraction of sp³-hybridized carbons (Fsp3) is 0.0811. The highest BCUT2D eigenvalue weighted by Crippen LogP contribution is 2.57. The topological polar surface area (TPSA) is 18.5 Å². The fourth-order valence-corrected chi connectivity index (χ4v) is 5.79. The van der Waals surface area contributed by atoms with E-state index in [0.717, 1.165) is 11.5 Å². The summed E-state index contributed by atoms with van der Waals surface area (Å²) in [5, 5.41) is 0. The summed E-state index contributed by atoms with van der Waals surface area (Å²) in [6, 6.07) is 43.3. The molecule has 0 unspecified atom stereocenters. The van der Waals surface area contributed by atoms with Gasteiger partial charge in [0.25, 0.3) is 0 Å². The van der Waals surface area contributed by atoms with E-state index in [-0.39, 0.29) is 0 Å². The van der Waals surface area contributed by atoms with Crippen LogP contribution in [0.1, 0.15) is 22.3 Å². The Kier molecular flexibility index (Phi) is 6.61. The minimum absolute atomic E-state index is 0.475. The highest BCUT2D eigenvalue weighted by molar-refractivity contribution is 5.88. The number of fused-ring (bicyclic) bond motifs is 3. The van der Waals surface area contributed by atoms with E-state index in [0.29, 0.717) is 13.2 Å². The van der Waals surface area contributed by atoms with Crippen molar-refractivity contribution in [2.75, 3.05) is 13.2 Å². The maximum absolute atomic E-state index is 5.84. The molecule has 0 aromatic heterocycles. The van der Waals surface area contributed by atoms with Gasteiger partial charge in [-0.15, -0.1) is 0 Å². The van der Waals surface area contributed by atoms with Gasteiger partial charge in [0.1, 0.15) is 24.7 Å². The molecule has 0 spiro atoms. The molecule has 39 heavy (non-hydrogen) atoms. The first kappa shape index (κ1) is 24.5. The number of rotatable bonds is 9. The van der Waals surface area contributed by atoms with Gasteiger partial charge in [-0.2, -0.15) is 0 Å². The van der Waals surface area contributed by atoms with E-state index in [1.54, 1.807) is 12.2 Å². The third-order valence-corrected chi connectivity index (χ3v) is 7.46. The van der Waals surface area contributed by atoms with Crippen LogP contribution in [-0.4, -0.2) is 13.2 Å². The second-order valence-corrected chi connectivity index (χ2v) is 9.67. The van der Waals surface area contributed by atoms with Crippen molar-refractivity contribution in [3.8, 4) is 33.8 Å². The average Bonchev–Trinajstić information content (AvgIpc) is 3.30. The molecule has 0 N–H and O–H groups in total. The third-order valence-electron chi connectivity index (χ3n) is 7.46. The van der Waals surface area contributed by atoms with Gasteiger partial charge in [0.15, 0.2) is 0 Å². The zero-order chi connectivity index (χ0) is 26.7. The van der Waals surface area contributed by atoms with Crippen molar-refractivity contribution in [3.63, 3.8) is 0 Å². The monoisotopic (exact) mass is 506 g/mol. The molecule has 0 heterocycles. The van der Waals surface area contributed by atoms with Crippen LogP contribution < -0.4 is 9.47 Å². The molecule has 0 fully saturated rings. The van der Waals surface area contributed by atoms with Gasteiger partial charge in [0.2, 0.25) is 0 Å². The van der Waals surface area contributed by atoms with Gasteiger partial charge in [-0.3, -0.25) is 0 Å². The van der Waals surface area contributed by atoms with Crippen LogP contribution in [0.25, 0.3) is 22.3 Å². The Hall–Kier alpha value is -4.82. The quantitative estimate of drug-likeness (QED) is 0.182. The molecular weight excluding hydrogens is 476 g/mol. The van der Waals surface area contributed by atoms with Crippen LogP contribution >= 0.6 is 0 Å². The van der Waals surface area contributed by atoms with Crippen LogP contribution in [0.3, 0.4) is 0 Å². The molecular formula is C37H30O2. The SMILES string of the molecule is C=CCOc1ccc(C2(c3ccc(OCC=C)cc3)c3ccccc3-c3ccc(-c4ccccc4)cc32)cc1. The van der Waals surface area contributed by atoms with Gasteiger partial charge in [-0.25, -0.2) is 0 Å². The van der Waals surface area contributed by atoms with E-state index in [4.69, 9.17) is 9.47 Å².